The SMILES string of the molecule is CCOc1ccccc1C(=O)NCC(=O)NC(c1ccc(CC)cc1)C(C)C. The van der Waals surface area contributed by atoms with Crippen LogP contribution < -0.4 is 15.4 Å². The molecule has 2 aromatic carbocycles. The standard InChI is InChI=1S/C23H30N2O3/c1-5-17-11-13-18(14-12-17)22(16(3)4)25-21(26)15-24-23(27)19-9-7-8-10-20(19)28-6-2/h7-14,16,22H,5-6,15H2,1-4H3,(H,24,27)(H,25,26). The van der Waals surface area contributed by atoms with Crippen molar-refractivity contribution in [2.45, 2.75) is 40.2 Å². The van der Waals surface area contributed by atoms with Crippen LogP contribution in [0.1, 0.15) is 55.2 Å². The summed E-state index contributed by atoms with van der Waals surface area (Å²) < 4.78 is 5.48. The molecule has 0 spiro atoms. The molecule has 0 saturated carbocycles. The Morgan fingerprint density at radius 3 is 2.29 bits per heavy atom. The highest BCUT2D eigenvalue weighted by Crippen LogP contribution is 2.22. The maximum atomic E-state index is 12.4. The molecule has 0 radical (unpaired) electrons. The number of para-hydroxylation sites is 1. The summed E-state index contributed by atoms with van der Waals surface area (Å²) in [6.07, 6.45) is 0.980. The summed E-state index contributed by atoms with van der Waals surface area (Å²) in [7, 11) is 0. The van der Waals surface area contributed by atoms with Crippen LogP contribution in [-0.4, -0.2) is 25.0 Å². The maximum absolute atomic E-state index is 12.4. The van der Waals surface area contributed by atoms with Crippen molar-refractivity contribution in [3.8, 4) is 5.75 Å². The largest absolute Gasteiger partial charge is 0.493 e. The Bertz CT molecular complexity index is 785. The molecule has 0 fully saturated rings. The van der Waals surface area contributed by atoms with Gasteiger partial charge in [-0.05, 0) is 42.5 Å². The van der Waals surface area contributed by atoms with Crippen LogP contribution in [0.2, 0.25) is 0 Å². The number of aryl methyl sites for hydroxylation is 1. The van der Waals surface area contributed by atoms with Crippen LogP contribution in [0.15, 0.2) is 48.5 Å². The lowest BCUT2D eigenvalue weighted by Gasteiger charge is -2.23. The molecule has 0 saturated heterocycles. The third-order valence-electron chi connectivity index (χ3n) is 4.57. The van der Waals surface area contributed by atoms with Gasteiger partial charge >= 0.3 is 0 Å². The lowest BCUT2D eigenvalue weighted by molar-refractivity contribution is -0.121. The van der Waals surface area contributed by atoms with Crippen molar-refractivity contribution in [1.82, 2.24) is 10.6 Å². The van der Waals surface area contributed by atoms with E-state index in [0.29, 0.717) is 17.9 Å². The van der Waals surface area contributed by atoms with Gasteiger partial charge in [-0.25, -0.2) is 0 Å². The molecule has 2 rings (SSSR count). The minimum absolute atomic E-state index is 0.0877. The van der Waals surface area contributed by atoms with Gasteiger partial charge in [-0.15, -0.1) is 0 Å². The van der Waals surface area contributed by atoms with E-state index < -0.39 is 0 Å². The fourth-order valence-corrected chi connectivity index (χ4v) is 3.01. The molecule has 0 bridgehead atoms. The van der Waals surface area contributed by atoms with Crippen molar-refractivity contribution in [2.24, 2.45) is 5.92 Å². The molecule has 28 heavy (non-hydrogen) atoms. The van der Waals surface area contributed by atoms with E-state index in [4.69, 9.17) is 4.74 Å². The number of ether oxygens (including phenoxy) is 1. The minimum atomic E-state index is -0.326. The highest BCUT2D eigenvalue weighted by molar-refractivity contribution is 5.98. The first kappa shape index (κ1) is 21.5. The lowest BCUT2D eigenvalue weighted by atomic mass is 9.95. The molecule has 2 amide bonds. The number of amides is 2. The molecule has 1 atom stereocenters. The second-order valence-electron chi connectivity index (χ2n) is 7.00. The minimum Gasteiger partial charge on any atom is -0.493 e. The molecule has 0 heterocycles. The van der Waals surface area contributed by atoms with E-state index in [1.54, 1.807) is 18.2 Å². The van der Waals surface area contributed by atoms with E-state index in [9.17, 15) is 9.59 Å². The number of nitrogens with one attached hydrogen (secondary N) is 2. The highest BCUT2D eigenvalue weighted by atomic mass is 16.5. The molecule has 0 aliphatic heterocycles. The fourth-order valence-electron chi connectivity index (χ4n) is 3.01. The van der Waals surface area contributed by atoms with Gasteiger partial charge in [0, 0.05) is 0 Å². The lowest BCUT2D eigenvalue weighted by Crippen LogP contribution is -2.40. The Morgan fingerprint density at radius 2 is 1.68 bits per heavy atom. The summed E-state index contributed by atoms with van der Waals surface area (Å²) in [5, 5.41) is 5.71. The molecule has 0 aromatic heterocycles. The molecular formula is C23H30N2O3. The maximum Gasteiger partial charge on any atom is 0.255 e. The predicted octanol–water partition coefficient (Wildman–Crippen LogP) is 3.89. The van der Waals surface area contributed by atoms with Crippen LogP contribution >= 0.6 is 0 Å². The number of carbonyl (C=O) groups is 2. The van der Waals surface area contributed by atoms with E-state index in [0.717, 1.165) is 12.0 Å². The van der Waals surface area contributed by atoms with Crippen LogP contribution in [0.5, 0.6) is 5.75 Å². The first-order chi connectivity index (χ1) is 13.5. The molecule has 2 aromatic rings. The number of hydrogen-bond acceptors (Lipinski definition) is 3. The van der Waals surface area contributed by atoms with Crippen molar-refractivity contribution in [3.63, 3.8) is 0 Å². The monoisotopic (exact) mass is 382 g/mol. The van der Waals surface area contributed by atoms with Crippen molar-refractivity contribution < 1.29 is 14.3 Å². The summed E-state index contributed by atoms with van der Waals surface area (Å²) in [6.45, 7) is 8.49. The second-order valence-corrected chi connectivity index (χ2v) is 7.00. The van der Waals surface area contributed by atoms with Crippen LogP contribution in [0, 0.1) is 5.92 Å². The molecule has 0 aliphatic carbocycles. The Kier molecular flexibility index (Phi) is 8.05. The molecule has 2 N–H and O–H groups in total. The summed E-state index contributed by atoms with van der Waals surface area (Å²) in [4.78, 5) is 24.9. The molecule has 0 aliphatic rings. The smallest absolute Gasteiger partial charge is 0.255 e. The Morgan fingerprint density at radius 1 is 1.00 bits per heavy atom. The van der Waals surface area contributed by atoms with E-state index in [1.807, 2.05) is 13.0 Å². The summed E-state index contributed by atoms with van der Waals surface area (Å²) >= 11 is 0. The topological polar surface area (TPSA) is 67.4 Å². The van der Waals surface area contributed by atoms with Gasteiger partial charge < -0.3 is 15.4 Å². The van der Waals surface area contributed by atoms with E-state index in [1.165, 1.54) is 5.56 Å². The average molecular weight is 383 g/mol. The first-order valence-corrected chi connectivity index (χ1v) is 9.84. The van der Waals surface area contributed by atoms with E-state index >= 15 is 0 Å². The van der Waals surface area contributed by atoms with E-state index in [-0.39, 0.29) is 30.3 Å². The van der Waals surface area contributed by atoms with E-state index in [2.05, 4.69) is 55.7 Å². The summed E-state index contributed by atoms with van der Waals surface area (Å²) in [5.74, 6) is 0.192. The van der Waals surface area contributed by atoms with Gasteiger partial charge in [-0.3, -0.25) is 9.59 Å². The summed E-state index contributed by atoms with van der Waals surface area (Å²) in [5.41, 5.74) is 2.75. The number of hydrogen-bond donors (Lipinski definition) is 2. The Balaban J connectivity index is 1.98. The van der Waals surface area contributed by atoms with Crippen molar-refractivity contribution in [1.29, 1.82) is 0 Å². The molecule has 150 valence electrons. The van der Waals surface area contributed by atoms with Gasteiger partial charge in [-0.2, -0.15) is 0 Å². The molecule has 5 nitrogen and oxygen atoms in total. The molecule has 5 heteroatoms. The van der Waals surface area contributed by atoms with Crippen molar-refractivity contribution in [2.75, 3.05) is 13.2 Å². The zero-order valence-corrected chi connectivity index (χ0v) is 17.1. The first-order valence-electron chi connectivity index (χ1n) is 9.84. The predicted molar refractivity (Wildman–Crippen MR) is 111 cm³/mol. The third kappa shape index (κ3) is 5.84. The van der Waals surface area contributed by atoms with Crippen LogP contribution in [0.25, 0.3) is 0 Å². The van der Waals surface area contributed by atoms with Crippen molar-refractivity contribution in [3.05, 3.63) is 65.2 Å². The normalized spacial score (nSPS) is 11.8. The number of rotatable bonds is 9. The zero-order valence-electron chi connectivity index (χ0n) is 17.1. The number of carbonyl (C=O) groups excluding carboxylic acids is 2. The van der Waals surface area contributed by atoms with Gasteiger partial charge in [-0.1, -0.05) is 57.2 Å². The highest BCUT2D eigenvalue weighted by Gasteiger charge is 2.19. The molecular weight excluding hydrogens is 352 g/mol. The number of benzene rings is 2. The molecule has 1 unspecified atom stereocenters. The van der Waals surface area contributed by atoms with Gasteiger partial charge in [0.05, 0.1) is 24.8 Å². The van der Waals surface area contributed by atoms with Crippen molar-refractivity contribution >= 4 is 11.8 Å². The Labute approximate surface area is 167 Å². The third-order valence-corrected chi connectivity index (χ3v) is 4.57. The van der Waals surface area contributed by atoms with Crippen LogP contribution in [0.4, 0.5) is 0 Å². The zero-order chi connectivity index (χ0) is 20.5. The van der Waals surface area contributed by atoms with Gasteiger partial charge in [0.25, 0.3) is 5.91 Å². The fraction of sp³-hybridized carbons (Fsp3) is 0.391. The average Bonchev–Trinajstić information content (AvgIpc) is 2.71. The Hall–Kier alpha value is -2.82. The van der Waals surface area contributed by atoms with Gasteiger partial charge in [0.15, 0.2) is 0 Å². The van der Waals surface area contributed by atoms with Crippen LogP contribution in [-0.2, 0) is 11.2 Å². The quantitative estimate of drug-likeness (QED) is 0.691. The second kappa shape index (κ2) is 10.5. The van der Waals surface area contributed by atoms with Gasteiger partial charge in [0.1, 0.15) is 5.75 Å². The van der Waals surface area contributed by atoms with Gasteiger partial charge in [0.2, 0.25) is 5.91 Å². The van der Waals surface area contributed by atoms with Crippen LogP contribution in [0.3, 0.4) is 0 Å². The summed E-state index contributed by atoms with van der Waals surface area (Å²) in [6, 6.07) is 15.2.